The van der Waals surface area contributed by atoms with Crippen LogP contribution in [0.25, 0.3) is 0 Å². The maximum Gasteiger partial charge on any atom is 0.326 e. The predicted octanol–water partition coefficient (Wildman–Crippen LogP) is 0.882. The van der Waals surface area contributed by atoms with Crippen molar-refractivity contribution in [2.45, 2.75) is 39.7 Å². The van der Waals surface area contributed by atoms with Gasteiger partial charge < -0.3 is 10.5 Å². The van der Waals surface area contributed by atoms with Gasteiger partial charge in [0.15, 0.2) is 0 Å². The number of ether oxygens (including phenoxy) is 1. The van der Waals surface area contributed by atoms with Gasteiger partial charge in [-0.25, -0.2) is 0 Å². The molecule has 0 fully saturated rings. The molecule has 0 saturated heterocycles. The summed E-state index contributed by atoms with van der Waals surface area (Å²) < 4.78 is 4.85. The molecule has 4 heteroatoms. The molecule has 0 unspecified atom stereocenters. The molecule has 2 atom stereocenters. The van der Waals surface area contributed by atoms with Crippen LogP contribution in [0.15, 0.2) is 0 Å². The normalized spacial score (nSPS) is 16.9. The Morgan fingerprint density at radius 1 is 1.43 bits per heavy atom. The summed E-state index contributed by atoms with van der Waals surface area (Å²) in [5.74, 6) is -1.10. The third-order valence-electron chi connectivity index (χ3n) is 2.62. The third kappa shape index (κ3) is 2.54. The van der Waals surface area contributed by atoms with Crippen LogP contribution in [-0.2, 0) is 14.3 Å². The van der Waals surface area contributed by atoms with Gasteiger partial charge in [-0.3, -0.25) is 9.59 Å². The van der Waals surface area contributed by atoms with E-state index in [1.165, 1.54) is 6.92 Å². The Labute approximate surface area is 84.8 Å². The van der Waals surface area contributed by atoms with Gasteiger partial charge >= 0.3 is 5.97 Å². The maximum atomic E-state index is 11.5. The zero-order valence-electron chi connectivity index (χ0n) is 9.29. The van der Waals surface area contributed by atoms with Crippen molar-refractivity contribution in [1.82, 2.24) is 0 Å². The molecule has 2 N–H and O–H groups in total. The molecule has 0 aromatic heterocycles. The SMILES string of the molecule is CCOC(=O)[C@](N)(CC)[C@@H](C)C(C)=O. The molecular weight excluding hydrogens is 182 g/mol. The largest absolute Gasteiger partial charge is 0.465 e. The van der Waals surface area contributed by atoms with Crippen LogP contribution < -0.4 is 5.73 Å². The van der Waals surface area contributed by atoms with E-state index in [2.05, 4.69) is 0 Å². The molecule has 0 aromatic rings. The van der Waals surface area contributed by atoms with Crippen LogP contribution in [0.1, 0.15) is 34.1 Å². The highest BCUT2D eigenvalue weighted by Gasteiger charge is 2.41. The van der Waals surface area contributed by atoms with E-state index in [4.69, 9.17) is 10.5 Å². The fourth-order valence-corrected chi connectivity index (χ4v) is 1.26. The second-order valence-corrected chi connectivity index (χ2v) is 3.45. The van der Waals surface area contributed by atoms with Crippen LogP contribution in [0.4, 0.5) is 0 Å². The summed E-state index contributed by atoms with van der Waals surface area (Å²) in [6.07, 6.45) is 0.395. The highest BCUT2D eigenvalue weighted by Crippen LogP contribution is 2.21. The quantitative estimate of drug-likeness (QED) is 0.670. The molecule has 0 bridgehead atoms. The monoisotopic (exact) mass is 201 g/mol. The van der Waals surface area contributed by atoms with Gasteiger partial charge in [-0.15, -0.1) is 0 Å². The molecule has 14 heavy (non-hydrogen) atoms. The average molecular weight is 201 g/mol. The van der Waals surface area contributed by atoms with Gasteiger partial charge in [0.1, 0.15) is 11.3 Å². The van der Waals surface area contributed by atoms with Crippen LogP contribution in [-0.4, -0.2) is 23.9 Å². The van der Waals surface area contributed by atoms with Crippen molar-refractivity contribution in [3.05, 3.63) is 0 Å². The lowest BCUT2D eigenvalue weighted by Crippen LogP contribution is -2.55. The second-order valence-electron chi connectivity index (χ2n) is 3.45. The van der Waals surface area contributed by atoms with E-state index in [0.29, 0.717) is 6.42 Å². The van der Waals surface area contributed by atoms with Crippen molar-refractivity contribution < 1.29 is 14.3 Å². The average Bonchev–Trinajstić information content (AvgIpc) is 2.15. The first kappa shape index (κ1) is 13.1. The zero-order valence-corrected chi connectivity index (χ0v) is 9.29. The highest BCUT2D eigenvalue weighted by atomic mass is 16.5. The van der Waals surface area contributed by atoms with Crippen molar-refractivity contribution in [2.24, 2.45) is 11.7 Å². The van der Waals surface area contributed by atoms with E-state index in [1.807, 2.05) is 0 Å². The number of esters is 1. The maximum absolute atomic E-state index is 11.5. The van der Waals surface area contributed by atoms with Gasteiger partial charge in [0.05, 0.1) is 6.61 Å². The van der Waals surface area contributed by atoms with Crippen LogP contribution in [0.3, 0.4) is 0 Å². The molecule has 0 aliphatic heterocycles. The molecule has 0 aliphatic rings. The first-order valence-corrected chi connectivity index (χ1v) is 4.86. The standard InChI is InChI=1S/C10H19NO3/c1-5-10(11,7(3)8(4)12)9(13)14-6-2/h7H,5-6,11H2,1-4H3/t7-,10-/m0/s1. The minimum atomic E-state index is -1.18. The van der Waals surface area contributed by atoms with E-state index >= 15 is 0 Å². The summed E-state index contributed by atoms with van der Waals surface area (Å²) in [6, 6.07) is 0. The molecule has 0 heterocycles. The number of ketones is 1. The lowest BCUT2D eigenvalue weighted by Gasteiger charge is -2.30. The number of nitrogens with two attached hydrogens (primary N) is 1. The van der Waals surface area contributed by atoms with Crippen LogP contribution in [0.2, 0.25) is 0 Å². The molecule has 0 aliphatic carbocycles. The summed E-state index contributed by atoms with van der Waals surface area (Å²) in [4.78, 5) is 22.7. The van der Waals surface area contributed by atoms with Crippen LogP contribution in [0, 0.1) is 5.92 Å². The van der Waals surface area contributed by atoms with E-state index in [1.54, 1.807) is 20.8 Å². The number of carbonyl (C=O) groups excluding carboxylic acids is 2. The molecular formula is C10H19NO3. The number of hydrogen-bond donors (Lipinski definition) is 1. The van der Waals surface area contributed by atoms with Gasteiger partial charge in [0, 0.05) is 5.92 Å². The summed E-state index contributed by atoms with van der Waals surface area (Å²) >= 11 is 0. The topological polar surface area (TPSA) is 69.4 Å². The second kappa shape index (κ2) is 5.10. The van der Waals surface area contributed by atoms with Crippen molar-refractivity contribution in [1.29, 1.82) is 0 Å². The van der Waals surface area contributed by atoms with Gasteiger partial charge in [0.2, 0.25) is 0 Å². The highest BCUT2D eigenvalue weighted by molar-refractivity contribution is 5.90. The number of carbonyl (C=O) groups is 2. The van der Waals surface area contributed by atoms with Gasteiger partial charge in [-0.1, -0.05) is 13.8 Å². The molecule has 0 radical (unpaired) electrons. The lowest BCUT2D eigenvalue weighted by atomic mass is 9.81. The van der Waals surface area contributed by atoms with Crippen LogP contribution in [0.5, 0.6) is 0 Å². The minimum Gasteiger partial charge on any atom is -0.465 e. The fourth-order valence-electron chi connectivity index (χ4n) is 1.26. The van der Waals surface area contributed by atoms with Gasteiger partial charge in [-0.2, -0.15) is 0 Å². The van der Waals surface area contributed by atoms with E-state index in [9.17, 15) is 9.59 Å². The Morgan fingerprint density at radius 2 is 1.93 bits per heavy atom. The Bertz CT molecular complexity index is 227. The molecule has 0 aromatic carbocycles. The Hall–Kier alpha value is -0.900. The number of hydrogen-bond acceptors (Lipinski definition) is 4. The Kier molecular flexibility index (Phi) is 4.77. The molecule has 0 spiro atoms. The summed E-state index contributed by atoms with van der Waals surface area (Å²) in [7, 11) is 0. The molecule has 4 nitrogen and oxygen atoms in total. The number of rotatable bonds is 5. The fraction of sp³-hybridized carbons (Fsp3) is 0.800. The lowest BCUT2D eigenvalue weighted by molar-refractivity contribution is -0.154. The first-order chi connectivity index (χ1) is 6.40. The van der Waals surface area contributed by atoms with E-state index in [0.717, 1.165) is 0 Å². The molecule has 0 amide bonds. The third-order valence-corrected chi connectivity index (χ3v) is 2.62. The predicted molar refractivity (Wildman–Crippen MR) is 53.7 cm³/mol. The molecule has 0 rings (SSSR count). The van der Waals surface area contributed by atoms with Crippen LogP contribution >= 0.6 is 0 Å². The van der Waals surface area contributed by atoms with Gasteiger partial charge in [0.25, 0.3) is 0 Å². The summed E-state index contributed by atoms with van der Waals surface area (Å²) in [6.45, 7) is 6.86. The summed E-state index contributed by atoms with van der Waals surface area (Å²) in [5, 5.41) is 0. The van der Waals surface area contributed by atoms with E-state index < -0.39 is 17.4 Å². The van der Waals surface area contributed by atoms with E-state index in [-0.39, 0.29) is 12.4 Å². The Morgan fingerprint density at radius 3 is 2.21 bits per heavy atom. The number of Topliss-reactive ketones (excluding diaryl/α,β-unsaturated/α-hetero) is 1. The Balaban J connectivity index is 4.78. The minimum absolute atomic E-state index is 0.0950. The van der Waals surface area contributed by atoms with Crippen molar-refractivity contribution in [3.8, 4) is 0 Å². The van der Waals surface area contributed by atoms with Gasteiger partial charge in [-0.05, 0) is 20.3 Å². The molecule has 82 valence electrons. The first-order valence-electron chi connectivity index (χ1n) is 4.86. The smallest absolute Gasteiger partial charge is 0.326 e. The van der Waals surface area contributed by atoms with Crippen molar-refractivity contribution in [3.63, 3.8) is 0 Å². The molecule has 0 saturated carbocycles. The summed E-state index contributed by atoms with van der Waals surface area (Å²) in [5.41, 5.74) is 4.70. The zero-order chi connectivity index (χ0) is 11.4. The van der Waals surface area contributed by atoms with Crippen molar-refractivity contribution >= 4 is 11.8 Å². The van der Waals surface area contributed by atoms with Crippen molar-refractivity contribution in [2.75, 3.05) is 6.61 Å².